The van der Waals surface area contributed by atoms with Crippen LogP contribution in [0.25, 0.3) is 0 Å². The Kier molecular flexibility index (Phi) is 4.16. The second-order valence-corrected chi connectivity index (χ2v) is 5.32. The molecule has 3 nitrogen and oxygen atoms in total. The van der Waals surface area contributed by atoms with Gasteiger partial charge in [0.2, 0.25) is 0 Å². The van der Waals surface area contributed by atoms with Gasteiger partial charge in [0.05, 0.1) is 12.1 Å². The molecule has 0 fully saturated rings. The van der Waals surface area contributed by atoms with E-state index in [0.717, 1.165) is 23.4 Å². The molecule has 0 saturated carbocycles. The third-order valence-corrected chi connectivity index (χ3v) is 3.92. The maximum atomic E-state index is 13.0. The molecule has 0 aliphatic carbocycles. The van der Waals surface area contributed by atoms with E-state index in [0.29, 0.717) is 6.54 Å². The predicted octanol–water partition coefficient (Wildman–Crippen LogP) is 3.09. The number of carbonyl (C=O) groups is 1. The van der Waals surface area contributed by atoms with Gasteiger partial charge in [-0.2, -0.15) is 0 Å². The number of hydrogen-bond donors (Lipinski definition) is 2. The summed E-state index contributed by atoms with van der Waals surface area (Å²) in [5.74, 6) is -1.25. The maximum absolute atomic E-state index is 13.0. The van der Waals surface area contributed by atoms with E-state index in [1.807, 2.05) is 12.1 Å². The van der Waals surface area contributed by atoms with Crippen molar-refractivity contribution < 1.29 is 14.3 Å². The summed E-state index contributed by atoms with van der Waals surface area (Å²) in [6.45, 7) is 2.44. The maximum Gasteiger partial charge on any atom is 0.255 e. The van der Waals surface area contributed by atoms with E-state index in [4.69, 9.17) is 0 Å². The molecule has 0 aliphatic heterocycles. The molecule has 0 saturated heterocycles. The van der Waals surface area contributed by atoms with Crippen molar-refractivity contribution in [2.24, 2.45) is 0 Å². The summed E-state index contributed by atoms with van der Waals surface area (Å²) in [6.07, 6.45) is 0.962. The number of carbonyl (C=O) groups excluding carboxylic acids is 1. The molecular weight excluding hydrogens is 265 g/mol. The van der Waals surface area contributed by atoms with E-state index in [9.17, 15) is 14.3 Å². The topological polar surface area (TPSA) is 49.3 Å². The number of rotatable bonds is 4. The number of amides is 1. The number of phenolic OH excluding ortho intramolecular Hbond substituents is 1. The van der Waals surface area contributed by atoms with Crippen LogP contribution >= 0.6 is 11.3 Å². The van der Waals surface area contributed by atoms with Crippen molar-refractivity contribution in [3.05, 3.63) is 51.5 Å². The van der Waals surface area contributed by atoms with Crippen LogP contribution in [0.5, 0.6) is 5.75 Å². The average Bonchev–Trinajstić information content (AvgIpc) is 2.87. The minimum Gasteiger partial charge on any atom is -0.507 e. The highest BCUT2D eigenvalue weighted by Gasteiger charge is 2.12. The largest absolute Gasteiger partial charge is 0.507 e. The van der Waals surface area contributed by atoms with Crippen LogP contribution in [0, 0.1) is 5.82 Å². The Bertz CT molecular complexity index is 595. The summed E-state index contributed by atoms with van der Waals surface area (Å²) in [5, 5.41) is 12.2. The number of nitrogens with one attached hydrogen (secondary N) is 1. The Labute approximate surface area is 114 Å². The Morgan fingerprint density at radius 3 is 2.74 bits per heavy atom. The Morgan fingerprint density at radius 1 is 1.32 bits per heavy atom. The summed E-state index contributed by atoms with van der Waals surface area (Å²) in [4.78, 5) is 14.1. The van der Waals surface area contributed by atoms with Crippen LogP contribution in [0.4, 0.5) is 4.39 Å². The SMILES string of the molecule is CCc1ccc(CNC(=O)c2cc(F)ccc2O)s1. The molecule has 0 radical (unpaired) electrons. The first-order chi connectivity index (χ1) is 9.10. The standard InChI is InChI=1S/C14H14FNO2S/c1-2-10-4-5-11(19-10)8-16-14(18)12-7-9(15)3-6-13(12)17/h3-7,17H,2,8H2,1H3,(H,16,18). The van der Waals surface area contributed by atoms with Gasteiger partial charge in [-0.3, -0.25) is 4.79 Å². The van der Waals surface area contributed by atoms with Gasteiger partial charge in [-0.1, -0.05) is 6.92 Å². The van der Waals surface area contributed by atoms with Crippen LogP contribution in [0.15, 0.2) is 30.3 Å². The van der Waals surface area contributed by atoms with Crippen molar-refractivity contribution >= 4 is 17.2 Å². The lowest BCUT2D eigenvalue weighted by molar-refractivity contribution is 0.0948. The first-order valence-electron chi connectivity index (χ1n) is 5.94. The lowest BCUT2D eigenvalue weighted by atomic mass is 10.2. The van der Waals surface area contributed by atoms with Crippen molar-refractivity contribution in [1.82, 2.24) is 5.32 Å². The van der Waals surface area contributed by atoms with Gasteiger partial charge < -0.3 is 10.4 Å². The van der Waals surface area contributed by atoms with E-state index >= 15 is 0 Å². The second kappa shape index (κ2) is 5.84. The highest BCUT2D eigenvalue weighted by molar-refractivity contribution is 7.11. The molecule has 19 heavy (non-hydrogen) atoms. The normalized spacial score (nSPS) is 10.4. The third kappa shape index (κ3) is 3.32. The number of aryl methyl sites for hydroxylation is 1. The molecule has 0 bridgehead atoms. The van der Waals surface area contributed by atoms with Gasteiger partial charge in [-0.05, 0) is 36.8 Å². The predicted molar refractivity (Wildman–Crippen MR) is 72.9 cm³/mol. The number of thiophene rings is 1. The zero-order valence-electron chi connectivity index (χ0n) is 10.4. The van der Waals surface area contributed by atoms with Crippen LogP contribution in [0.3, 0.4) is 0 Å². The van der Waals surface area contributed by atoms with Crippen molar-refractivity contribution in [1.29, 1.82) is 0 Å². The summed E-state index contributed by atoms with van der Waals surface area (Å²) < 4.78 is 13.0. The fourth-order valence-corrected chi connectivity index (χ4v) is 2.56. The number of benzene rings is 1. The number of halogens is 1. The number of hydrogen-bond acceptors (Lipinski definition) is 3. The minimum absolute atomic E-state index is 0.0488. The summed E-state index contributed by atoms with van der Waals surface area (Å²) in [7, 11) is 0. The van der Waals surface area contributed by atoms with Crippen LogP contribution in [-0.2, 0) is 13.0 Å². The van der Waals surface area contributed by atoms with Crippen LogP contribution in [-0.4, -0.2) is 11.0 Å². The van der Waals surface area contributed by atoms with E-state index in [2.05, 4.69) is 12.2 Å². The molecule has 0 unspecified atom stereocenters. The van der Waals surface area contributed by atoms with Gasteiger partial charge in [-0.15, -0.1) is 11.3 Å². The van der Waals surface area contributed by atoms with Gasteiger partial charge in [0.15, 0.2) is 0 Å². The highest BCUT2D eigenvalue weighted by Crippen LogP contribution is 2.19. The third-order valence-electron chi connectivity index (χ3n) is 2.69. The summed E-state index contributed by atoms with van der Waals surface area (Å²) in [6, 6.07) is 7.28. The molecule has 0 aliphatic rings. The number of aromatic hydroxyl groups is 1. The van der Waals surface area contributed by atoms with Crippen LogP contribution in [0.2, 0.25) is 0 Å². The highest BCUT2D eigenvalue weighted by atomic mass is 32.1. The second-order valence-electron chi connectivity index (χ2n) is 4.07. The van der Waals surface area contributed by atoms with E-state index in [1.54, 1.807) is 11.3 Å². The lowest BCUT2D eigenvalue weighted by Crippen LogP contribution is -2.22. The molecule has 1 aromatic heterocycles. The molecule has 1 amide bonds. The molecule has 5 heteroatoms. The van der Waals surface area contributed by atoms with Crippen molar-refractivity contribution in [2.45, 2.75) is 19.9 Å². The summed E-state index contributed by atoms with van der Waals surface area (Å²) >= 11 is 1.63. The molecule has 1 heterocycles. The average molecular weight is 279 g/mol. The molecule has 0 spiro atoms. The van der Waals surface area contributed by atoms with Crippen LogP contribution in [0.1, 0.15) is 27.0 Å². The van der Waals surface area contributed by atoms with E-state index in [1.165, 1.54) is 10.9 Å². The van der Waals surface area contributed by atoms with Gasteiger partial charge in [0.25, 0.3) is 5.91 Å². The van der Waals surface area contributed by atoms with Crippen LogP contribution < -0.4 is 5.32 Å². The fraction of sp³-hybridized carbons (Fsp3) is 0.214. The van der Waals surface area contributed by atoms with Crippen molar-refractivity contribution in [3.63, 3.8) is 0 Å². The Balaban J connectivity index is 2.03. The molecule has 0 atom stereocenters. The van der Waals surface area contributed by atoms with E-state index < -0.39 is 11.7 Å². The monoisotopic (exact) mass is 279 g/mol. The quantitative estimate of drug-likeness (QED) is 0.903. The van der Waals surface area contributed by atoms with E-state index in [-0.39, 0.29) is 11.3 Å². The van der Waals surface area contributed by atoms with Crippen molar-refractivity contribution in [2.75, 3.05) is 0 Å². The molecular formula is C14H14FNO2S. The molecule has 2 rings (SSSR count). The molecule has 1 aromatic carbocycles. The minimum atomic E-state index is -0.549. The number of phenols is 1. The summed E-state index contributed by atoms with van der Waals surface area (Å²) in [5.41, 5.74) is -0.0488. The van der Waals surface area contributed by atoms with Gasteiger partial charge >= 0.3 is 0 Å². The lowest BCUT2D eigenvalue weighted by Gasteiger charge is -2.05. The van der Waals surface area contributed by atoms with Gasteiger partial charge in [-0.25, -0.2) is 4.39 Å². The first kappa shape index (κ1) is 13.5. The molecule has 100 valence electrons. The fourth-order valence-electron chi connectivity index (χ4n) is 1.66. The zero-order chi connectivity index (χ0) is 13.8. The zero-order valence-corrected chi connectivity index (χ0v) is 11.3. The van der Waals surface area contributed by atoms with Gasteiger partial charge in [0.1, 0.15) is 11.6 Å². The molecule has 2 aromatic rings. The van der Waals surface area contributed by atoms with Crippen molar-refractivity contribution in [3.8, 4) is 5.75 Å². The smallest absolute Gasteiger partial charge is 0.255 e. The molecule has 2 N–H and O–H groups in total. The Hall–Kier alpha value is -1.88. The van der Waals surface area contributed by atoms with Gasteiger partial charge in [0, 0.05) is 9.75 Å². The Morgan fingerprint density at radius 2 is 2.05 bits per heavy atom. The first-order valence-corrected chi connectivity index (χ1v) is 6.76.